The minimum atomic E-state index is -1.82. The summed E-state index contributed by atoms with van der Waals surface area (Å²) in [5.41, 5.74) is 1.88. The van der Waals surface area contributed by atoms with Crippen molar-refractivity contribution in [3.05, 3.63) is 45.4 Å². The number of hydrogen-bond acceptors (Lipinski definition) is 6. The van der Waals surface area contributed by atoms with E-state index < -0.39 is 16.6 Å². The van der Waals surface area contributed by atoms with Crippen molar-refractivity contribution in [1.82, 2.24) is 0 Å². The maximum Gasteiger partial charge on any atom is 0.191 e. The first kappa shape index (κ1) is 36.9. The van der Waals surface area contributed by atoms with Crippen molar-refractivity contribution < 1.29 is 28.2 Å². The number of aromatic hydroxyl groups is 1. The van der Waals surface area contributed by atoms with E-state index in [-0.39, 0.29) is 28.4 Å². The summed E-state index contributed by atoms with van der Waals surface area (Å²) in [6.45, 7) is 23.7. The summed E-state index contributed by atoms with van der Waals surface area (Å²) in [7, 11) is -2.09. The molecule has 0 aliphatic heterocycles. The molecule has 0 heterocycles. The third-order valence-electron chi connectivity index (χ3n) is 8.44. The number of methoxy groups -OCH3 is 1. The van der Waals surface area contributed by atoms with Crippen LogP contribution in [0.1, 0.15) is 65.5 Å². The predicted octanol–water partition coefficient (Wildman–Crippen LogP) is 10.4. The smallest absolute Gasteiger partial charge is 0.191 e. The van der Waals surface area contributed by atoms with Crippen LogP contribution in [0.5, 0.6) is 23.0 Å². The molecule has 238 valence electrons. The van der Waals surface area contributed by atoms with Crippen LogP contribution in [0.15, 0.2) is 24.3 Å². The van der Waals surface area contributed by atoms with E-state index in [1.165, 1.54) is 7.11 Å². The van der Waals surface area contributed by atoms with Crippen LogP contribution in [0.4, 0.5) is 0 Å². The van der Waals surface area contributed by atoms with Gasteiger partial charge in [0.15, 0.2) is 46.4 Å². The molecule has 0 amide bonds. The third-order valence-corrected chi connectivity index (χ3v) is 18.1. The summed E-state index contributed by atoms with van der Waals surface area (Å²) < 4.78 is 29.6. The van der Waals surface area contributed by atoms with E-state index in [0.29, 0.717) is 34.8 Å². The van der Waals surface area contributed by atoms with Gasteiger partial charge >= 0.3 is 0 Å². The van der Waals surface area contributed by atoms with E-state index in [2.05, 4.69) is 67.7 Å². The lowest BCUT2D eigenvalue weighted by Gasteiger charge is -2.36. The summed E-state index contributed by atoms with van der Waals surface area (Å²) in [4.78, 5) is 0. The molecule has 0 spiro atoms. The molecule has 10 heteroatoms. The van der Waals surface area contributed by atoms with Crippen LogP contribution in [-0.2, 0) is 26.4 Å². The Hall–Kier alpha value is -1.27. The Morgan fingerprint density at radius 3 is 1.60 bits per heavy atom. The molecule has 0 fully saturated rings. The molecule has 0 saturated heterocycles. The number of phenolic OH excluding ortho intramolecular Hbond substituents is 1. The molecular weight excluding hydrogens is 607 g/mol. The largest absolute Gasteiger partial charge is 0.504 e. The average Bonchev–Trinajstić information content (AvgIpc) is 2.85. The van der Waals surface area contributed by atoms with Crippen molar-refractivity contribution in [2.45, 2.75) is 103 Å². The zero-order chi connectivity index (χ0) is 31.9. The fourth-order valence-corrected chi connectivity index (χ4v) is 6.47. The van der Waals surface area contributed by atoms with Crippen molar-refractivity contribution >= 4 is 39.8 Å². The molecule has 0 unspecified atom stereocenters. The Balaban J connectivity index is 2.17. The number of phenols is 1. The molecule has 0 atom stereocenters. The lowest BCUT2D eigenvalue weighted by molar-refractivity contribution is 0.0495. The SMILES string of the molecule is COCOc1c(Cl)cc(CCCO[Si](C)(C)C(C)(C)C)cc1Oc1c(O)cc(CCCO[Si](C)(C)C(C)(C)C)cc1Cl. The van der Waals surface area contributed by atoms with Gasteiger partial charge in [0.05, 0.1) is 10.0 Å². The Kier molecular flexibility index (Phi) is 13.3. The Labute approximate surface area is 266 Å². The molecule has 0 aliphatic rings. The van der Waals surface area contributed by atoms with Crippen LogP contribution in [0.2, 0.25) is 46.3 Å². The van der Waals surface area contributed by atoms with Crippen LogP contribution in [-0.4, -0.2) is 48.9 Å². The Morgan fingerprint density at radius 1 is 0.714 bits per heavy atom. The van der Waals surface area contributed by atoms with Crippen molar-refractivity contribution in [2.75, 3.05) is 27.1 Å². The summed E-state index contributed by atoms with van der Waals surface area (Å²) >= 11 is 13.3. The van der Waals surface area contributed by atoms with E-state index in [1.807, 2.05) is 18.2 Å². The van der Waals surface area contributed by atoms with Gasteiger partial charge < -0.3 is 28.2 Å². The maximum absolute atomic E-state index is 10.9. The second kappa shape index (κ2) is 15.1. The van der Waals surface area contributed by atoms with Gasteiger partial charge in [-0.25, -0.2) is 0 Å². The number of benzene rings is 2. The predicted molar refractivity (Wildman–Crippen MR) is 180 cm³/mol. The van der Waals surface area contributed by atoms with Crippen molar-refractivity contribution in [1.29, 1.82) is 0 Å². The molecule has 2 rings (SSSR count). The highest BCUT2D eigenvalue weighted by Crippen LogP contribution is 2.45. The minimum Gasteiger partial charge on any atom is -0.504 e. The van der Waals surface area contributed by atoms with Crippen molar-refractivity contribution in [3.8, 4) is 23.0 Å². The Morgan fingerprint density at radius 2 is 1.17 bits per heavy atom. The van der Waals surface area contributed by atoms with Gasteiger partial charge in [-0.3, -0.25) is 0 Å². The van der Waals surface area contributed by atoms with Gasteiger partial charge in [0.2, 0.25) is 0 Å². The lowest BCUT2D eigenvalue weighted by atomic mass is 10.1. The molecule has 0 aliphatic carbocycles. The maximum atomic E-state index is 10.9. The van der Waals surface area contributed by atoms with Crippen LogP contribution in [0.3, 0.4) is 0 Å². The van der Waals surface area contributed by atoms with Gasteiger partial charge in [0.25, 0.3) is 0 Å². The van der Waals surface area contributed by atoms with Crippen LogP contribution in [0.25, 0.3) is 0 Å². The monoisotopic (exact) mass is 658 g/mol. The first-order chi connectivity index (χ1) is 19.3. The van der Waals surface area contributed by atoms with E-state index in [4.69, 9.17) is 46.3 Å². The van der Waals surface area contributed by atoms with E-state index in [0.717, 1.165) is 36.8 Å². The highest BCUT2D eigenvalue weighted by molar-refractivity contribution is 6.74. The van der Waals surface area contributed by atoms with Gasteiger partial charge in [-0.15, -0.1) is 0 Å². The average molecular weight is 660 g/mol. The first-order valence-electron chi connectivity index (χ1n) is 14.7. The summed E-state index contributed by atoms with van der Waals surface area (Å²) in [5, 5.41) is 11.9. The molecule has 2 aromatic rings. The summed E-state index contributed by atoms with van der Waals surface area (Å²) in [5.74, 6) is 0.772. The fourth-order valence-electron chi connectivity index (χ4n) is 3.73. The normalized spacial score (nSPS) is 13.0. The van der Waals surface area contributed by atoms with Gasteiger partial charge in [-0.2, -0.15) is 0 Å². The Bertz CT molecular complexity index is 1150. The second-order valence-corrected chi connectivity index (χ2v) is 24.3. The highest BCUT2D eigenvalue weighted by Gasteiger charge is 2.37. The summed E-state index contributed by atoms with van der Waals surface area (Å²) in [6, 6.07) is 7.24. The summed E-state index contributed by atoms with van der Waals surface area (Å²) in [6.07, 6.45) is 3.13. The van der Waals surface area contributed by atoms with E-state index in [9.17, 15) is 5.11 Å². The van der Waals surface area contributed by atoms with Gasteiger partial charge in [-0.05, 0) is 97.3 Å². The van der Waals surface area contributed by atoms with Gasteiger partial charge in [0, 0.05) is 20.3 Å². The third kappa shape index (κ3) is 10.4. The number of hydrogen-bond donors (Lipinski definition) is 1. The van der Waals surface area contributed by atoms with Gasteiger partial charge in [0.1, 0.15) is 0 Å². The van der Waals surface area contributed by atoms with E-state index >= 15 is 0 Å². The molecular formula is C32H52Cl2O6Si2. The van der Waals surface area contributed by atoms with Gasteiger partial charge in [-0.1, -0.05) is 64.7 Å². The first-order valence-corrected chi connectivity index (χ1v) is 21.3. The number of halogens is 2. The molecule has 0 bridgehead atoms. The number of aryl methyl sites for hydroxylation is 2. The van der Waals surface area contributed by atoms with Crippen molar-refractivity contribution in [2.24, 2.45) is 0 Å². The molecule has 6 nitrogen and oxygen atoms in total. The molecule has 0 saturated carbocycles. The van der Waals surface area contributed by atoms with E-state index in [1.54, 1.807) is 6.07 Å². The molecule has 0 aromatic heterocycles. The topological polar surface area (TPSA) is 66.4 Å². The quantitative estimate of drug-likeness (QED) is 0.117. The molecule has 42 heavy (non-hydrogen) atoms. The second-order valence-electron chi connectivity index (χ2n) is 13.9. The zero-order valence-corrected chi connectivity index (χ0v) is 31.0. The standard InChI is InChI=1S/C32H52Cl2O6Si2/c1-31(2,3)41(8,9)38-16-12-14-23-18-25(33)29(27(35)20-23)40-28-21-24(19-26(34)30(28)37-22-36-7)15-13-17-39-42(10,11)32(4,5)6/h18-21,35H,12-17,22H2,1-11H3. The minimum absolute atomic E-state index is 0.00855. The highest BCUT2D eigenvalue weighted by atomic mass is 35.5. The molecule has 2 aromatic carbocycles. The number of ether oxygens (including phenoxy) is 3. The molecule has 0 radical (unpaired) electrons. The van der Waals surface area contributed by atoms with Crippen molar-refractivity contribution in [3.63, 3.8) is 0 Å². The molecule has 1 N–H and O–H groups in total. The van der Waals surface area contributed by atoms with Crippen LogP contribution in [0, 0.1) is 0 Å². The fraction of sp³-hybridized carbons (Fsp3) is 0.625. The van der Waals surface area contributed by atoms with Crippen LogP contribution >= 0.6 is 23.2 Å². The number of rotatable bonds is 15. The van der Waals surface area contributed by atoms with Crippen LogP contribution < -0.4 is 9.47 Å². The zero-order valence-electron chi connectivity index (χ0n) is 27.5. The lowest BCUT2D eigenvalue weighted by Crippen LogP contribution is -2.41.